The fourth-order valence-corrected chi connectivity index (χ4v) is 2.89. The van der Waals surface area contributed by atoms with Crippen molar-refractivity contribution < 1.29 is 4.74 Å². The number of aromatic nitrogens is 3. The van der Waals surface area contributed by atoms with Crippen LogP contribution in [0.15, 0.2) is 18.6 Å². The second-order valence-electron chi connectivity index (χ2n) is 5.63. The summed E-state index contributed by atoms with van der Waals surface area (Å²) in [6, 6.07) is 0. The Labute approximate surface area is 119 Å². The zero-order valence-electron chi connectivity index (χ0n) is 12.2. The standard InChI is InChI=1S/C15H22N4O/c1-3-16-13-10-19-8-7-17-14(19)15(18-13)20-12-6-4-5-11(2)9-12/h7-8,10-12,16H,3-6,9H2,1-2H3. The molecule has 2 atom stereocenters. The fourth-order valence-electron chi connectivity index (χ4n) is 2.89. The van der Waals surface area contributed by atoms with Gasteiger partial charge in [-0.15, -0.1) is 0 Å². The van der Waals surface area contributed by atoms with E-state index >= 15 is 0 Å². The summed E-state index contributed by atoms with van der Waals surface area (Å²) < 4.78 is 8.11. The molecule has 0 bridgehead atoms. The first kappa shape index (κ1) is 13.2. The molecule has 1 N–H and O–H groups in total. The molecule has 0 spiro atoms. The molecule has 2 aromatic rings. The van der Waals surface area contributed by atoms with Gasteiger partial charge in [0.15, 0.2) is 0 Å². The van der Waals surface area contributed by atoms with E-state index in [9.17, 15) is 0 Å². The molecule has 108 valence electrons. The molecule has 3 rings (SSSR count). The Kier molecular flexibility index (Phi) is 3.76. The third-order valence-corrected chi connectivity index (χ3v) is 3.87. The number of nitrogens with one attached hydrogen (secondary N) is 1. The molecule has 1 aliphatic carbocycles. The first-order valence-corrected chi connectivity index (χ1v) is 7.50. The lowest BCUT2D eigenvalue weighted by atomic mass is 9.89. The molecule has 20 heavy (non-hydrogen) atoms. The molecule has 2 unspecified atom stereocenters. The molecule has 1 saturated carbocycles. The third kappa shape index (κ3) is 2.71. The van der Waals surface area contributed by atoms with Crippen LogP contribution in [0, 0.1) is 5.92 Å². The molecule has 0 saturated heterocycles. The number of rotatable bonds is 4. The van der Waals surface area contributed by atoms with Crippen molar-refractivity contribution in [3.63, 3.8) is 0 Å². The summed E-state index contributed by atoms with van der Waals surface area (Å²) in [4.78, 5) is 8.92. The molecule has 5 nitrogen and oxygen atoms in total. The Balaban J connectivity index is 1.86. The summed E-state index contributed by atoms with van der Waals surface area (Å²) in [5, 5.41) is 3.24. The maximum atomic E-state index is 6.15. The molecule has 1 aliphatic rings. The van der Waals surface area contributed by atoms with Crippen LogP contribution in [0.25, 0.3) is 5.65 Å². The highest BCUT2D eigenvalue weighted by molar-refractivity contribution is 5.53. The molecule has 5 heteroatoms. The van der Waals surface area contributed by atoms with Gasteiger partial charge in [0.2, 0.25) is 5.65 Å². The number of hydrogen-bond acceptors (Lipinski definition) is 4. The van der Waals surface area contributed by atoms with Gasteiger partial charge in [0.25, 0.3) is 5.88 Å². The number of hydrogen-bond donors (Lipinski definition) is 1. The summed E-state index contributed by atoms with van der Waals surface area (Å²) >= 11 is 0. The summed E-state index contributed by atoms with van der Waals surface area (Å²) in [5.41, 5.74) is 0.796. The van der Waals surface area contributed by atoms with Crippen molar-refractivity contribution in [2.24, 2.45) is 5.92 Å². The van der Waals surface area contributed by atoms with Crippen LogP contribution >= 0.6 is 0 Å². The Hall–Kier alpha value is -1.78. The molecular formula is C15H22N4O. The highest BCUT2D eigenvalue weighted by Gasteiger charge is 2.22. The van der Waals surface area contributed by atoms with Crippen LogP contribution in [0.1, 0.15) is 39.5 Å². The summed E-state index contributed by atoms with van der Waals surface area (Å²) in [5.74, 6) is 2.21. The first-order valence-electron chi connectivity index (χ1n) is 7.50. The number of fused-ring (bicyclic) bond motifs is 1. The average molecular weight is 274 g/mol. The normalized spacial score (nSPS) is 22.9. The second kappa shape index (κ2) is 5.69. The Morgan fingerprint density at radius 3 is 3.15 bits per heavy atom. The van der Waals surface area contributed by atoms with Crippen molar-refractivity contribution in [1.29, 1.82) is 0 Å². The van der Waals surface area contributed by atoms with Gasteiger partial charge in [-0.1, -0.05) is 13.3 Å². The van der Waals surface area contributed by atoms with E-state index in [0.29, 0.717) is 5.88 Å². The zero-order chi connectivity index (χ0) is 13.9. The minimum atomic E-state index is 0.267. The van der Waals surface area contributed by atoms with Crippen LogP contribution in [0.3, 0.4) is 0 Å². The summed E-state index contributed by atoms with van der Waals surface area (Å²) in [6.07, 6.45) is 10.7. The van der Waals surface area contributed by atoms with Gasteiger partial charge < -0.3 is 10.1 Å². The van der Waals surface area contributed by atoms with E-state index in [2.05, 4.69) is 29.1 Å². The molecule has 2 aromatic heterocycles. The van der Waals surface area contributed by atoms with E-state index in [0.717, 1.165) is 36.8 Å². The number of nitrogens with zero attached hydrogens (tertiary/aromatic N) is 3. The maximum Gasteiger partial charge on any atom is 0.260 e. The highest BCUT2D eigenvalue weighted by Crippen LogP contribution is 2.28. The largest absolute Gasteiger partial charge is 0.472 e. The van der Waals surface area contributed by atoms with Crippen LogP contribution in [-0.4, -0.2) is 27.0 Å². The van der Waals surface area contributed by atoms with Crippen LogP contribution < -0.4 is 10.1 Å². The summed E-state index contributed by atoms with van der Waals surface area (Å²) in [7, 11) is 0. The lowest BCUT2D eigenvalue weighted by Gasteiger charge is -2.27. The maximum absolute atomic E-state index is 6.15. The average Bonchev–Trinajstić information content (AvgIpc) is 2.87. The quantitative estimate of drug-likeness (QED) is 0.930. The topological polar surface area (TPSA) is 51.5 Å². The number of imidazole rings is 1. The Morgan fingerprint density at radius 1 is 1.45 bits per heavy atom. The molecule has 2 heterocycles. The first-order chi connectivity index (χ1) is 9.76. The Bertz CT molecular complexity index is 580. The number of anilines is 1. The zero-order valence-corrected chi connectivity index (χ0v) is 12.2. The van der Waals surface area contributed by atoms with Crippen molar-refractivity contribution in [3.05, 3.63) is 18.6 Å². The van der Waals surface area contributed by atoms with Crippen LogP contribution in [-0.2, 0) is 0 Å². The predicted octanol–water partition coefficient (Wildman–Crippen LogP) is 3.12. The van der Waals surface area contributed by atoms with Gasteiger partial charge in [-0.2, -0.15) is 4.98 Å². The minimum absolute atomic E-state index is 0.267. The van der Waals surface area contributed by atoms with Crippen molar-refractivity contribution in [2.75, 3.05) is 11.9 Å². The van der Waals surface area contributed by atoms with Crippen molar-refractivity contribution >= 4 is 11.5 Å². The summed E-state index contributed by atoms with van der Waals surface area (Å²) in [6.45, 7) is 5.19. The van der Waals surface area contributed by atoms with Gasteiger partial charge in [-0.3, -0.25) is 4.40 Å². The molecule has 0 radical (unpaired) electrons. The van der Waals surface area contributed by atoms with Crippen LogP contribution in [0.2, 0.25) is 0 Å². The van der Waals surface area contributed by atoms with Gasteiger partial charge in [-0.25, -0.2) is 4.98 Å². The monoisotopic (exact) mass is 274 g/mol. The van der Waals surface area contributed by atoms with Gasteiger partial charge >= 0.3 is 0 Å². The van der Waals surface area contributed by atoms with Crippen LogP contribution in [0.4, 0.5) is 5.82 Å². The van der Waals surface area contributed by atoms with Crippen molar-refractivity contribution in [2.45, 2.75) is 45.6 Å². The van der Waals surface area contributed by atoms with Crippen molar-refractivity contribution in [1.82, 2.24) is 14.4 Å². The number of ether oxygens (including phenoxy) is 1. The van der Waals surface area contributed by atoms with Crippen molar-refractivity contribution in [3.8, 4) is 5.88 Å². The smallest absolute Gasteiger partial charge is 0.260 e. The van der Waals surface area contributed by atoms with Gasteiger partial charge in [-0.05, 0) is 32.1 Å². The van der Waals surface area contributed by atoms with Gasteiger partial charge in [0.1, 0.15) is 11.9 Å². The van der Waals surface area contributed by atoms with Gasteiger partial charge in [0, 0.05) is 18.9 Å². The van der Waals surface area contributed by atoms with Gasteiger partial charge in [0.05, 0.1) is 6.20 Å². The fraction of sp³-hybridized carbons (Fsp3) is 0.600. The Morgan fingerprint density at radius 2 is 2.35 bits per heavy atom. The second-order valence-corrected chi connectivity index (χ2v) is 5.63. The van der Waals surface area contributed by atoms with E-state index in [1.807, 2.05) is 16.8 Å². The minimum Gasteiger partial charge on any atom is -0.472 e. The van der Waals surface area contributed by atoms with E-state index < -0.39 is 0 Å². The van der Waals surface area contributed by atoms with E-state index in [-0.39, 0.29) is 6.10 Å². The SMILES string of the molecule is CCNc1cn2ccnc2c(OC2CCCC(C)C2)n1. The highest BCUT2D eigenvalue weighted by atomic mass is 16.5. The predicted molar refractivity (Wildman–Crippen MR) is 79.2 cm³/mol. The lowest BCUT2D eigenvalue weighted by Crippen LogP contribution is -2.25. The molecule has 0 amide bonds. The van der Waals surface area contributed by atoms with Crippen LogP contribution in [0.5, 0.6) is 5.88 Å². The lowest BCUT2D eigenvalue weighted by molar-refractivity contribution is 0.125. The van der Waals surface area contributed by atoms with E-state index in [4.69, 9.17) is 4.74 Å². The van der Waals surface area contributed by atoms with E-state index in [1.165, 1.54) is 12.8 Å². The molecular weight excluding hydrogens is 252 g/mol. The van der Waals surface area contributed by atoms with E-state index in [1.54, 1.807) is 6.20 Å². The molecule has 1 fully saturated rings. The molecule has 0 aliphatic heterocycles. The third-order valence-electron chi connectivity index (χ3n) is 3.87. The molecule has 0 aromatic carbocycles.